The fourth-order valence-corrected chi connectivity index (χ4v) is 4.34. The molecule has 1 aromatic heterocycles. The zero-order chi connectivity index (χ0) is 18.0. The third-order valence-electron chi connectivity index (χ3n) is 5.86. The van der Waals surface area contributed by atoms with E-state index in [-0.39, 0.29) is 17.9 Å². The molecule has 0 aliphatic carbocycles. The van der Waals surface area contributed by atoms with Gasteiger partial charge < -0.3 is 14.5 Å². The largest absolute Gasteiger partial charge is 0.381 e. The Balaban J connectivity index is 1.81. The van der Waals surface area contributed by atoms with Gasteiger partial charge in [0.1, 0.15) is 5.82 Å². The van der Waals surface area contributed by atoms with Gasteiger partial charge in [-0.05, 0) is 39.5 Å². The zero-order valence-corrected chi connectivity index (χ0v) is 15.9. The second kappa shape index (κ2) is 7.72. The molecule has 0 bridgehead atoms. The summed E-state index contributed by atoms with van der Waals surface area (Å²) < 4.78 is 7.72. The van der Waals surface area contributed by atoms with Crippen molar-refractivity contribution in [3.63, 3.8) is 0 Å². The van der Waals surface area contributed by atoms with E-state index < -0.39 is 0 Å². The van der Waals surface area contributed by atoms with Crippen molar-refractivity contribution >= 4 is 11.9 Å². The molecule has 2 atom stereocenters. The number of rotatable bonds is 4. The average molecular weight is 349 g/mol. The van der Waals surface area contributed by atoms with Crippen LogP contribution in [0.1, 0.15) is 58.2 Å². The first-order valence-corrected chi connectivity index (χ1v) is 9.54. The smallest absolute Gasteiger partial charge is 0.227 e. The molecule has 7 heteroatoms. The number of nitrogens with zero attached hydrogens (tertiary/aromatic N) is 5. The summed E-state index contributed by atoms with van der Waals surface area (Å²) in [5, 5.41) is 9.11. The van der Waals surface area contributed by atoms with Crippen molar-refractivity contribution in [1.29, 1.82) is 0 Å². The summed E-state index contributed by atoms with van der Waals surface area (Å²) in [6, 6.07) is 0.174. The second-order valence-electron chi connectivity index (χ2n) is 7.23. The number of carbonyl (C=O) groups is 1. The van der Waals surface area contributed by atoms with Crippen molar-refractivity contribution in [3.8, 4) is 0 Å². The van der Waals surface area contributed by atoms with Crippen molar-refractivity contribution < 1.29 is 9.53 Å². The second-order valence-corrected chi connectivity index (χ2v) is 7.23. The van der Waals surface area contributed by atoms with E-state index >= 15 is 0 Å². The molecule has 1 aromatic rings. The number of piperidine rings is 2. The molecule has 3 heterocycles. The summed E-state index contributed by atoms with van der Waals surface area (Å²) in [6.45, 7) is 9.57. The Morgan fingerprint density at radius 3 is 2.52 bits per heavy atom. The fraction of sp³-hybridized carbons (Fsp3) is 0.833. The summed E-state index contributed by atoms with van der Waals surface area (Å²) >= 11 is 0. The molecule has 2 aliphatic heterocycles. The summed E-state index contributed by atoms with van der Waals surface area (Å²) in [5.41, 5.74) is 0. The minimum atomic E-state index is 0.154. The maximum Gasteiger partial charge on any atom is 0.227 e. The Bertz CT molecular complexity index is 594. The van der Waals surface area contributed by atoms with Gasteiger partial charge in [-0.1, -0.05) is 0 Å². The van der Waals surface area contributed by atoms with E-state index in [9.17, 15) is 4.79 Å². The SMILES string of the molecule is CCn1c([C@@H]2CCCN(C(C)=O)[C@@H]2C)nnc1N1CCC(OC)CC1. The predicted molar refractivity (Wildman–Crippen MR) is 96.8 cm³/mol. The Hall–Kier alpha value is -1.63. The van der Waals surface area contributed by atoms with Crippen molar-refractivity contribution in [2.24, 2.45) is 0 Å². The molecule has 0 unspecified atom stereocenters. The van der Waals surface area contributed by atoms with Crippen LogP contribution in [0.25, 0.3) is 0 Å². The van der Waals surface area contributed by atoms with Crippen LogP contribution in [-0.2, 0) is 16.1 Å². The van der Waals surface area contributed by atoms with Crippen LogP contribution in [0.2, 0.25) is 0 Å². The number of anilines is 1. The Morgan fingerprint density at radius 2 is 1.92 bits per heavy atom. The monoisotopic (exact) mass is 349 g/mol. The van der Waals surface area contributed by atoms with Gasteiger partial charge in [0.05, 0.1) is 6.10 Å². The van der Waals surface area contributed by atoms with Crippen molar-refractivity contribution in [3.05, 3.63) is 5.82 Å². The van der Waals surface area contributed by atoms with Crippen LogP contribution >= 0.6 is 0 Å². The van der Waals surface area contributed by atoms with E-state index in [1.54, 1.807) is 14.0 Å². The normalized spacial score (nSPS) is 25.4. The highest BCUT2D eigenvalue weighted by molar-refractivity contribution is 5.73. The molecule has 140 valence electrons. The number of likely N-dealkylation sites (tertiary alicyclic amines) is 1. The van der Waals surface area contributed by atoms with Crippen LogP contribution in [0.5, 0.6) is 0 Å². The number of amides is 1. The molecule has 2 fully saturated rings. The maximum atomic E-state index is 11.9. The van der Waals surface area contributed by atoms with Crippen molar-refractivity contribution in [2.75, 3.05) is 31.6 Å². The van der Waals surface area contributed by atoms with Gasteiger partial charge in [0.15, 0.2) is 0 Å². The first-order chi connectivity index (χ1) is 12.1. The lowest BCUT2D eigenvalue weighted by atomic mass is 9.89. The quantitative estimate of drug-likeness (QED) is 0.832. The first kappa shape index (κ1) is 18.2. The zero-order valence-electron chi connectivity index (χ0n) is 15.9. The fourth-order valence-electron chi connectivity index (χ4n) is 4.34. The van der Waals surface area contributed by atoms with Gasteiger partial charge in [0.25, 0.3) is 0 Å². The van der Waals surface area contributed by atoms with Gasteiger partial charge >= 0.3 is 0 Å². The van der Waals surface area contributed by atoms with E-state index in [0.29, 0.717) is 6.10 Å². The molecule has 0 aromatic carbocycles. The minimum Gasteiger partial charge on any atom is -0.381 e. The number of hydrogen-bond acceptors (Lipinski definition) is 5. The number of carbonyl (C=O) groups excluding carboxylic acids is 1. The number of aromatic nitrogens is 3. The van der Waals surface area contributed by atoms with Gasteiger partial charge in [-0.3, -0.25) is 9.36 Å². The minimum absolute atomic E-state index is 0.154. The standard InChI is InChI=1S/C18H31N5O2/c1-5-22-17(16-7-6-10-23(13(16)2)14(3)24)19-20-18(22)21-11-8-15(25-4)9-12-21/h13,15-16H,5-12H2,1-4H3/t13-,16-/m1/s1. The van der Waals surface area contributed by atoms with Gasteiger partial charge in [0, 0.05) is 52.2 Å². The summed E-state index contributed by atoms with van der Waals surface area (Å²) in [5.74, 6) is 2.42. The van der Waals surface area contributed by atoms with Gasteiger partial charge in [0.2, 0.25) is 11.9 Å². The molecule has 0 N–H and O–H groups in total. The predicted octanol–water partition coefficient (Wildman–Crippen LogP) is 2.03. The molecule has 2 saturated heterocycles. The Morgan fingerprint density at radius 1 is 1.20 bits per heavy atom. The van der Waals surface area contributed by atoms with Crippen LogP contribution in [0.15, 0.2) is 0 Å². The van der Waals surface area contributed by atoms with Crippen LogP contribution in [0.3, 0.4) is 0 Å². The summed E-state index contributed by atoms with van der Waals surface area (Å²) in [6.07, 6.45) is 4.51. The van der Waals surface area contributed by atoms with Gasteiger partial charge in [-0.15, -0.1) is 10.2 Å². The molecule has 0 radical (unpaired) electrons. The number of hydrogen-bond donors (Lipinski definition) is 0. The van der Waals surface area contributed by atoms with Gasteiger partial charge in [-0.2, -0.15) is 0 Å². The van der Waals surface area contributed by atoms with E-state index in [1.165, 1.54) is 0 Å². The Labute approximate surface area is 150 Å². The molecule has 0 spiro atoms. The molecule has 0 saturated carbocycles. The molecule has 2 aliphatic rings. The third-order valence-corrected chi connectivity index (χ3v) is 5.86. The number of ether oxygens (including phenoxy) is 1. The lowest BCUT2D eigenvalue weighted by molar-refractivity contribution is -0.132. The summed E-state index contributed by atoms with van der Waals surface area (Å²) in [4.78, 5) is 16.2. The lowest BCUT2D eigenvalue weighted by Gasteiger charge is -2.38. The highest BCUT2D eigenvalue weighted by Crippen LogP contribution is 2.33. The first-order valence-electron chi connectivity index (χ1n) is 9.54. The van der Waals surface area contributed by atoms with E-state index in [2.05, 4.69) is 33.5 Å². The molecule has 7 nitrogen and oxygen atoms in total. The number of methoxy groups -OCH3 is 1. The molecule has 25 heavy (non-hydrogen) atoms. The van der Waals surface area contributed by atoms with Crippen LogP contribution < -0.4 is 4.90 Å². The average Bonchev–Trinajstić information content (AvgIpc) is 3.05. The van der Waals surface area contributed by atoms with E-state index in [4.69, 9.17) is 4.74 Å². The van der Waals surface area contributed by atoms with Crippen molar-refractivity contribution in [2.45, 2.75) is 71.1 Å². The maximum absolute atomic E-state index is 11.9. The highest BCUT2D eigenvalue weighted by atomic mass is 16.5. The molecule has 3 rings (SSSR count). The van der Waals surface area contributed by atoms with Crippen molar-refractivity contribution in [1.82, 2.24) is 19.7 Å². The molecule has 1 amide bonds. The van der Waals surface area contributed by atoms with Crippen LogP contribution in [-0.4, -0.2) is 64.5 Å². The van der Waals surface area contributed by atoms with Crippen LogP contribution in [0.4, 0.5) is 5.95 Å². The molecular weight excluding hydrogens is 318 g/mol. The summed E-state index contributed by atoms with van der Waals surface area (Å²) in [7, 11) is 1.79. The molecular formula is C18H31N5O2. The van der Waals surface area contributed by atoms with Crippen LogP contribution in [0, 0.1) is 0 Å². The van der Waals surface area contributed by atoms with E-state index in [1.807, 2.05) is 4.90 Å². The highest BCUT2D eigenvalue weighted by Gasteiger charge is 2.35. The van der Waals surface area contributed by atoms with Gasteiger partial charge in [-0.25, -0.2) is 0 Å². The third kappa shape index (κ3) is 3.52. The van der Waals surface area contributed by atoms with E-state index in [0.717, 1.165) is 63.6 Å². The lowest BCUT2D eigenvalue weighted by Crippen LogP contribution is -2.45. The Kier molecular flexibility index (Phi) is 5.61. The topological polar surface area (TPSA) is 63.5 Å².